The van der Waals surface area contributed by atoms with Gasteiger partial charge < -0.3 is 10.8 Å². The summed E-state index contributed by atoms with van der Waals surface area (Å²) < 4.78 is 40.6. The van der Waals surface area contributed by atoms with Gasteiger partial charge in [0.25, 0.3) is 0 Å². The van der Waals surface area contributed by atoms with Crippen LogP contribution in [0.1, 0.15) is 32.1 Å². The number of nitrogens with two attached hydrogens (primary N) is 1. The van der Waals surface area contributed by atoms with Crippen LogP contribution in [0.15, 0.2) is 23.1 Å². The number of hydrogen-bond donors (Lipinski definition) is 3. The fraction of sp³-hybridized carbons (Fsp3) is 0.571. The molecule has 0 aromatic heterocycles. The van der Waals surface area contributed by atoms with Crippen LogP contribution in [-0.2, 0) is 10.0 Å². The van der Waals surface area contributed by atoms with Crippen LogP contribution in [0.25, 0.3) is 0 Å². The summed E-state index contributed by atoms with van der Waals surface area (Å²) in [5, 5.41) is 9.57. The Kier molecular flexibility index (Phi) is 4.85. The predicted octanol–water partition coefficient (Wildman–Crippen LogP) is 1.63. The summed E-state index contributed by atoms with van der Waals surface area (Å²) in [7, 11) is -3.95. The lowest BCUT2D eigenvalue weighted by molar-refractivity contribution is 0.0867. The van der Waals surface area contributed by atoms with Gasteiger partial charge in [0.05, 0.1) is 0 Å². The van der Waals surface area contributed by atoms with Crippen LogP contribution in [0.4, 0.5) is 10.1 Å². The van der Waals surface area contributed by atoms with Crippen molar-refractivity contribution in [3.63, 3.8) is 0 Å². The van der Waals surface area contributed by atoms with Crippen molar-refractivity contribution in [3.8, 4) is 0 Å². The van der Waals surface area contributed by atoms with Gasteiger partial charge in [-0.05, 0) is 31.0 Å². The number of nitrogen functional groups attached to an aromatic ring is 1. The number of sulfonamides is 1. The Morgan fingerprint density at radius 2 is 1.95 bits per heavy atom. The van der Waals surface area contributed by atoms with E-state index in [-0.39, 0.29) is 18.8 Å². The Morgan fingerprint density at radius 1 is 1.29 bits per heavy atom. The van der Waals surface area contributed by atoms with Gasteiger partial charge in [-0.15, -0.1) is 0 Å². The van der Waals surface area contributed by atoms with E-state index in [1.165, 1.54) is 6.07 Å². The molecule has 4 N–H and O–H groups in total. The largest absolute Gasteiger partial charge is 0.399 e. The van der Waals surface area contributed by atoms with E-state index < -0.39 is 26.2 Å². The Bertz CT molecular complexity index is 598. The lowest BCUT2D eigenvalue weighted by Crippen LogP contribution is -2.41. The Morgan fingerprint density at radius 3 is 2.52 bits per heavy atom. The molecule has 7 heteroatoms. The zero-order valence-electron chi connectivity index (χ0n) is 11.8. The van der Waals surface area contributed by atoms with E-state index in [1.807, 2.05) is 0 Å². The molecule has 118 valence electrons. The second-order valence-corrected chi connectivity index (χ2v) is 7.47. The molecule has 1 fully saturated rings. The van der Waals surface area contributed by atoms with Gasteiger partial charge in [-0.25, -0.2) is 17.5 Å². The third-order valence-electron chi connectivity index (χ3n) is 4.13. The van der Waals surface area contributed by atoms with Crippen molar-refractivity contribution in [2.45, 2.75) is 37.0 Å². The molecule has 1 saturated carbocycles. The smallest absolute Gasteiger partial charge is 0.243 e. The average Bonchev–Trinajstić information content (AvgIpc) is 2.46. The molecule has 0 radical (unpaired) electrons. The minimum atomic E-state index is -3.95. The van der Waals surface area contributed by atoms with E-state index >= 15 is 0 Å². The molecule has 0 atom stereocenters. The first-order valence-corrected chi connectivity index (χ1v) is 8.52. The van der Waals surface area contributed by atoms with Crippen molar-refractivity contribution < 1.29 is 17.9 Å². The highest BCUT2D eigenvalue weighted by Gasteiger charge is 2.33. The number of nitrogens with one attached hydrogen (secondary N) is 1. The van der Waals surface area contributed by atoms with E-state index in [4.69, 9.17) is 5.73 Å². The van der Waals surface area contributed by atoms with Gasteiger partial charge in [0.15, 0.2) is 0 Å². The molecule has 21 heavy (non-hydrogen) atoms. The topological polar surface area (TPSA) is 92.4 Å². The number of aliphatic hydroxyl groups is 1. The van der Waals surface area contributed by atoms with Gasteiger partial charge in [-0.2, -0.15) is 0 Å². The number of anilines is 1. The van der Waals surface area contributed by atoms with E-state index in [9.17, 15) is 17.9 Å². The quantitative estimate of drug-likeness (QED) is 0.720. The molecule has 1 aromatic rings. The Hall–Kier alpha value is -1.18. The standard InChI is InChI=1S/C14H21FN2O3S/c15-12-8-11(16)4-5-13(12)21(19,20)17-9-14(10-18)6-2-1-3-7-14/h4-5,8,17-18H,1-3,6-7,9-10,16H2. The number of aliphatic hydroxyl groups excluding tert-OH is 1. The van der Waals surface area contributed by atoms with Gasteiger partial charge in [0, 0.05) is 24.3 Å². The van der Waals surface area contributed by atoms with Crippen LogP contribution < -0.4 is 10.5 Å². The lowest BCUT2D eigenvalue weighted by atomic mass is 9.75. The van der Waals surface area contributed by atoms with Crippen molar-refractivity contribution in [1.29, 1.82) is 0 Å². The van der Waals surface area contributed by atoms with Crippen molar-refractivity contribution in [1.82, 2.24) is 4.72 Å². The highest BCUT2D eigenvalue weighted by Crippen LogP contribution is 2.35. The van der Waals surface area contributed by atoms with Gasteiger partial charge in [-0.1, -0.05) is 19.3 Å². The maximum Gasteiger partial charge on any atom is 0.243 e. The van der Waals surface area contributed by atoms with Crippen LogP contribution in [0, 0.1) is 11.2 Å². The second-order valence-electron chi connectivity index (χ2n) is 5.73. The summed E-state index contributed by atoms with van der Waals surface area (Å²) in [5.74, 6) is -0.871. The zero-order valence-corrected chi connectivity index (χ0v) is 12.6. The first-order valence-electron chi connectivity index (χ1n) is 7.04. The van der Waals surface area contributed by atoms with Crippen LogP contribution in [-0.4, -0.2) is 26.7 Å². The van der Waals surface area contributed by atoms with Gasteiger partial charge >= 0.3 is 0 Å². The predicted molar refractivity (Wildman–Crippen MR) is 78.6 cm³/mol. The molecule has 0 spiro atoms. The van der Waals surface area contributed by atoms with Crippen molar-refractivity contribution in [3.05, 3.63) is 24.0 Å². The molecule has 1 aliphatic rings. The molecule has 0 amide bonds. The van der Waals surface area contributed by atoms with E-state index in [2.05, 4.69) is 4.72 Å². The first kappa shape index (κ1) is 16.2. The van der Waals surface area contributed by atoms with Crippen LogP contribution in [0.3, 0.4) is 0 Å². The Balaban J connectivity index is 2.13. The van der Waals surface area contributed by atoms with E-state index in [1.54, 1.807) is 0 Å². The molecule has 0 aliphatic heterocycles. The summed E-state index contributed by atoms with van der Waals surface area (Å²) in [6.45, 7) is 0.0510. The number of benzene rings is 1. The number of hydrogen-bond acceptors (Lipinski definition) is 4. The molecule has 0 unspecified atom stereocenters. The summed E-state index contributed by atoms with van der Waals surface area (Å²) in [5.41, 5.74) is 5.15. The lowest BCUT2D eigenvalue weighted by Gasteiger charge is -2.35. The van der Waals surface area contributed by atoms with Gasteiger partial charge in [0.1, 0.15) is 10.7 Å². The van der Waals surface area contributed by atoms with Crippen LogP contribution >= 0.6 is 0 Å². The highest BCUT2D eigenvalue weighted by atomic mass is 32.2. The van der Waals surface area contributed by atoms with Gasteiger partial charge in [-0.3, -0.25) is 0 Å². The van der Waals surface area contributed by atoms with Crippen LogP contribution in [0.5, 0.6) is 0 Å². The third-order valence-corrected chi connectivity index (χ3v) is 5.57. The van der Waals surface area contributed by atoms with Gasteiger partial charge in [0.2, 0.25) is 10.0 Å². The molecule has 5 nitrogen and oxygen atoms in total. The summed E-state index contributed by atoms with van der Waals surface area (Å²) >= 11 is 0. The molecule has 0 bridgehead atoms. The molecule has 0 saturated heterocycles. The highest BCUT2D eigenvalue weighted by molar-refractivity contribution is 7.89. The van der Waals surface area contributed by atoms with Crippen LogP contribution in [0.2, 0.25) is 0 Å². The van der Waals surface area contributed by atoms with E-state index in [0.29, 0.717) is 0 Å². The minimum Gasteiger partial charge on any atom is -0.399 e. The second kappa shape index (κ2) is 6.29. The minimum absolute atomic E-state index is 0.0697. The number of rotatable bonds is 5. The summed E-state index contributed by atoms with van der Waals surface area (Å²) in [4.78, 5) is -0.416. The maximum absolute atomic E-state index is 13.7. The molecular weight excluding hydrogens is 295 g/mol. The molecular formula is C14H21FN2O3S. The zero-order chi connectivity index (χ0) is 15.5. The van der Waals surface area contributed by atoms with Crippen molar-refractivity contribution in [2.24, 2.45) is 5.41 Å². The maximum atomic E-state index is 13.7. The first-order chi connectivity index (χ1) is 9.88. The molecule has 1 aliphatic carbocycles. The fourth-order valence-corrected chi connectivity index (χ4v) is 3.97. The average molecular weight is 316 g/mol. The normalized spacial score (nSPS) is 18.6. The molecule has 1 aromatic carbocycles. The fourth-order valence-electron chi connectivity index (χ4n) is 2.75. The SMILES string of the molecule is Nc1ccc(S(=O)(=O)NCC2(CO)CCCCC2)c(F)c1. The van der Waals surface area contributed by atoms with E-state index in [0.717, 1.165) is 44.2 Å². The number of halogens is 1. The monoisotopic (exact) mass is 316 g/mol. The van der Waals surface area contributed by atoms with Crippen molar-refractivity contribution >= 4 is 15.7 Å². The third kappa shape index (κ3) is 3.72. The van der Waals surface area contributed by atoms with Crippen molar-refractivity contribution in [2.75, 3.05) is 18.9 Å². The summed E-state index contributed by atoms with van der Waals surface area (Å²) in [6.07, 6.45) is 4.59. The molecule has 2 rings (SSSR count). The summed E-state index contributed by atoms with van der Waals surface area (Å²) in [6, 6.07) is 3.48. The molecule has 0 heterocycles. The Labute approximate surface area is 124 Å².